The second kappa shape index (κ2) is 2.20. The van der Waals surface area contributed by atoms with E-state index in [0.717, 1.165) is 3.58 Å². The monoisotopic (exact) mass is 206 g/mol. The normalized spacial score (nSPS) is 17.0. The summed E-state index contributed by atoms with van der Waals surface area (Å²) in [6.07, 6.45) is 5.03. The highest BCUT2D eigenvalue weighted by molar-refractivity contribution is 14.1. The molecule has 1 heterocycles. The Morgan fingerprint density at radius 2 is 2.57 bits per heavy atom. The highest BCUT2D eigenvalue weighted by atomic mass is 127. The zero-order chi connectivity index (χ0) is 5.11. The van der Waals surface area contributed by atoms with Crippen LogP contribution in [0.2, 0.25) is 0 Å². The van der Waals surface area contributed by atoms with Crippen LogP contribution in [-0.2, 0) is 0 Å². The molecule has 7 heavy (non-hydrogen) atoms. The quantitative estimate of drug-likeness (QED) is 0.522. The Morgan fingerprint density at radius 1 is 1.71 bits per heavy atom. The third kappa shape index (κ3) is 1.38. The summed E-state index contributed by atoms with van der Waals surface area (Å²) >= 11 is 2.15. The molecule has 0 aromatic carbocycles. The summed E-state index contributed by atoms with van der Waals surface area (Å²) in [6, 6.07) is 0. The fourth-order valence-electron chi connectivity index (χ4n) is 0.281. The van der Waals surface area contributed by atoms with Gasteiger partial charge in [-0.15, -0.1) is 0 Å². The largest absolute Gasteiger partial charge is 0.326 e. The van der Waals surface area contributed by atoms with E-state index in [4.69, 9.17) is 0 Å². The Morgan fingerprint density at radius 3 is 2.86 bits per heavy atom. The molecule has 0 aromatic heterocycles. The van der Waals surface area contributed by atoms with Gasteiger partial charge in [0, 0.05) is 0 Å². The third-order valence-corrected chi connectivity index (χ3v) is 1.09. The Labute approximate surface area is 55.2 Å². The molecule has 3 heteroatoms. The molecule has 0 N–H and O–H groups in total. The maximum Gasteiger partial charge on any atom is 0.326 e. The molecular formula is C4H3IN2+. The SMILES string of the molecule is IC1=C[N+]=CN=C1. The van der Waals surface area contributed by atoms with Crippen LogP contribution >= 0.6 is 22.6 Å². The Bertz CT molecular complexity index is 146. The van der Waals surface area contributed by atoms with Crippen LogP contribution in [0.15, 0.2) is 14.8 Å². The maximum absolute atomic E-state index is 3.77. The van der Waals surface area contributed by atoms with Crippen molar-refractivity contribution in [2.75, 3.05) is 0 Å². The molecule has 0 spiro atoms. The molecule has 1 aliphatic rings. The van der Waals surface area contributed by atoms with Crippen LogP contribution in [0.25, 0.3) is 0 Å². The number of hydrogen-bond acceptors (Lipinski definition) is 2. The Balaban J connectivity index is 2.82. The highest BCUT2D eigenvalue weighted by Gasteiger charge is 1.94. The minimum atomic E-state index is 1.07. The van der Waals surface area contributed by atoms with Crippen molar-refractivity contribution in [1.82, 2.24) is 4.99 Å². The van der Waals surface area contributed by atoms with Gasteiger partial charge in [0.15, 0.2) is 12.4 Å². The van der Waals surface area contributed by atoms with Gasteiger partial charge in [0.05, 0.1) is 0 Å². The molecule has 0 bridgehead atoms. The topological polar surface area (TPSA) is 26.5 Å². The van der Waals surface area contributed by atoms with E-state index < -0.39 is 0 Å². The van der Waals surface area contributed by atoms with E-state index >= 15 is 0 Å². The van der Waals surface area contributed by atoms with Gasteiger partial charge in [-0.3, -0.25) is 0 Å². The van der Waals surface area contributed by atoms with Gasteiger partial charge >= 0.3 is 6.34 Å². The van der Waals surface area contributed by atoms with E-state index in [1.165, 1.54) is 6.34 Å². The van der Waals surface area contributed by atoms with Crippen molar-refractivity contribution in [1.29, 1.82) is 0 Å². The smallest absolute Gasteiger partial charge is 0.0522 e. The first-order valence-electron chi connectivity index (χ1n) is 1.80. The van der Waals surface area contributed by atoms with Gasteiger partial charge in [-0.05, 0) is 22.6 Å². The molecular weight excluding hydrogens is 203 g/mol. The van der Waals surface area contributed by atoms with E-state index in [9.17, 15) is 0 Å². The first kappa shape index (κ1) is 4.96. The molecule has 2 nitrogen and oxygen atoms in total. The van der Waals surface area contributed by atoms with Crippen LogP contribution in [0, 0.1) is 0 Å². The number of halogens is 1. The van der Waals surface area contributed by atoms with Crippen LogP contribution in [0.3, 0.4) is 0 Å². The molecule has 0 saturated carbocycles. The van der Waals surface area contributed by atoms with Crippen molar-refractivity contribution in [3.8, 4) is 0 Å². The standard InChI is InChI=1S/C4H3IN2/c5-4-1-6-3-7-2-4/h1-3H/q+1. The minimum Gasteiger partial charge on any atom is -0.0522 e. The van der Waals surface area contributed by atoms with E-state index in [2.05, 4.69) is 32.6 Å². The summed E-state index contributed by atoms with van der Waals surface area (Å²) < 4.78 is 1.07. The average Bonchev–Trinajstić information content (AvgIpc) is 1.69. The van der Waals surface area contributed by atoms with Crippen LogP contribution in [-0.4, -0.2) is 12.6 Å². The fraction of sp³-hybridized carbons (Fsp3) is 0. The molecule has 1 rings (SSSR count). The lowest BCUT2D eigenvalue weighted by atomic mass is 10.6. The van der Waals surface area contributed by atoms with Crippen molar-refractivity contribution in [3.63, 3.8) is 0 Å². The molecule has 0 saturated heterocycles. The summed E-state index contributed by atoms with van der Waals surface area (Å²) in [6.45, 7) is 0. The van der Waals surface area contributed by atoms with Crippen molar-refractivity contribution in [3.05, 3.63) is 9.78 Å². The molecule has 0 atom stereocenters. The summed E-state index contributed by atoms with van der Waals surface area (Å²) in [5, 5.41) is 0. The maximum atomic E-state index is 3.77. The van der Waals surface area contributed by atoms with Gasteiger partial charge in [0.1, 0.15) is 3.58 Å². The first-order valence-corrected chi connectivity index (χ1v) is 2.88. The number of aliphatic imine (C=N–C) groups is 2. The second-order valence-corrected chi connectivity index (χ2v) is 2.30. The third-order valence-electron chi connectivity index (χ3n) is 0.529. The van der Waals surface area contributed by atoms with Crippen LogP contribution in [0.1, 0.15) is 0 Å². The zero-order valence-corrected chi connectivity index (χ0v) is 5.66. The van der Waals surface area contributed by atoms with Crippen molar-refractivity contribution >= 4 is 35.1 Å². The summed E-state index contributed by atoms with van der Waals surface area (Å²) in [5.74, 6) is 0. The molecule has 1 radical (unpaired) electrons. The predicted molar refractivity (Wildman–Crippen MR) is 38.8 cm³/mol. The molecule has 0 aliphatic carbocycles. The molecule has 0 unspecified atom stereocenters. The highest BCUT2D eigenvalue weighted by Crippen LogP contribution is 1.99. The molecule has 1 aliphatic heterocycles. The van der Waals surface area contributed by atoms with E-state index in [1.807, 2.05) is 0 Å². The number of nitrogens with zero attached hydrogens (tertiary/aromatic N) is 2. The van der Waals surface area contributed by atoms with E-state index in [1.54, 1.807) is 12.4 Å². The lowest BCUT2D eigenvalue weighted by Gasteiger charge is -1.74. The van der Waals surface area contributed by atoms with Gasteiger partial charge in [-0.1, -0.05) is 9.98 Å². The van der Waals surface area contributed by atoms with Crippen molar-refractivity contribution in [2.24, 2.45) is 4.99 Å². The van der Waals surface area contributed by atoms with Crippen LogP contribution in [0.5, 0.6) is 0 Å². The van der Waals surface area contributed by atoms with Gasteiger partial charge in [-0.25, -0.2) is 0 Å². The average molecular weight is 206 g/mol. The first-order chi connectivity index (χ1) is 3.39. The fourth-order valence-corrected chi connectivity index (χ4v) is 0.603. The molecule has 35 valence electrons. The van der Waals surface area contributed by atoms with E-state index in [-0.39, 0.29) is 0 Å². The molecule has 0 aromatic rings. The van der Waals surface area contributed by atoms with Crippen molar-refractivity contribution < 1.29 is 0 Å². The molecule has 0 fully saturated rings. The number of hydrogen-bond donors (Lipinski definition) is 0. The summed E-state index contributed by atoms with van der Waals surface area (Å²) in [5.41, 5.74) is 0. The van der Waals surface area contributed by atoms with Crippen LogP contribution < -0.4 is 4.99 Å². The zero-order valence-electron chi connectivity index (χ0n) is 3.50. The van der Waals surface area contributed by atoms with Gasteiger partial charge < -0.3 is 0 Å². The Hall–Kier alpha value is -0.190. The van der Waals surface area contributed by atoms with Crippen molar-refractivity contribution in [2.45, 2.75) is 0 Å². The number of allylic oxidation sites excluding steroid dienone is 1. The second-order valence-electron chi connectivity index (χ2n) is 1.06. The summed E-state index contributed by atoms with van der Waals surface area (Å²) in [7, 11) is 0. The van der Waals surface area contributed by atoms with Gasteiger partial charge in [0.2, 0.25) is 0 Å². The lowest BCUT2D eigenvalue weighted by Crippen LogP contribution is -1.88. The van der Waals surface area contributed by atoms with Crippen LogP contribution in [0.4, 0.5) is 0 Å². The predicted octanol–water partition coefficient (Wildman–Crippen LogP) is 0.711. The van der Waals surface area contributed by atoms with Gasteiger partial charge in [-0.2, -0.15) is 0 Å². The molecule has 0 amide bonds. The number of rotatable bonds is 0. The minimum absolute atomic E-state index is 1.07. The lowest BCUT2D eigenvalue weighted by molar-refractivity contribution is 1.37. The Kier molecular flexibility index (Phi) is 1.56. The van der Waals surface area contributed by atoms with E-state index in [0.29, 0.717) is 0 Å². The summed E-state index contributed by atoms with van der Waals surface area (Å²) in [4.78, 5) is 7.53. The van der Waals surface area contributed by atoms with Gasteiger partial charge in [0.25, 0.3) is 0 Å².